The summed E-state index contributed by atoms with van der Waals surface area (Å²) in [5, 5.41) is 4.32. The minimum Gasteiger partial charge on any atom is -0.382 e. The van der Waals surface area contributed by atoms with Gasteiger partial charge in [-0.25, -0.2) is 9.97 Å². The molecule has 0 unspecified atom stereocenters. The molecule has 2 N–H and O–H groups in total. The summed E-state index contributed by atoms with van der Waals surface area (Å²) in [6.45, 7) is 1.92. The molecule has 0 fully saturated rings. The topological polar surface area (TPSA) is 69.6 Å². The van der Waals surface area contributed by atoms with Crippen LogP contribution in [0, 0.1) is 6.92 Å². The van der Waals surface area contributed by atoms with Crippen LogP contribution in [0.15, 0.2) is 30.3 Å². The van der Waals surface area contributed by atoms with Crippen LogP contribution in [0.3, 0.4) is 0 Å². The van der Waals surface area contributed by atoms with Crippen molar-refractivity contribution in [2.45, 2.75) is 6.92 Å². The summed E-state index contributed by atoms with van der Waals surface area (Å²) in [4.78, 5) is 8.90. The van der Waals surface area contributed by atoms with E-state index in [1.807, 2.05) is 44.3 Å². The van der Waals surface area contributed by atoms with Gasteiger partial charge in [0.15, 0.2) is 11.6 Å². The molecule has 0 saturated heterocycles. The number of nitrogens with two attached hydrogens (primary N) is 1. The van der Waals surface area contributed by atoms with Crippen LogP contribution in [0.4, 0.5) is 5.82 Å². The highest BCUT2D eigenvalue weighted by Gasteiger charge is 2.13. The Balaban J connectivity index is 2.31. The Hall–Kier alpha value is -2.43. The second-order valence-electron chi connectivity index (χ2n) is 4.20. The van der Waals surface area contributed by atoms with Gasteiger partial charge in [-0.05, 0) is 6.92 Å². The maximum Gasteiger partial charge on any atom is 0.162 e. The van der Waals surface area contributed by atoms with Gasteiger partial charge in [0.05, 0.1) is 5.69 Å². The Morgan fingerprint density at radius 2 is 1.83 bits per heavy atom. The van der Waals surface area contributed by atoms with Crippen molar-refractivity contribution in [3.8, 4) is 11.4 Å². The lowest BCUT2D eigenvalue weighted by atomic mass is 10.2. The number of rotatable bonds is 1. The van der Waals surface area contributed by atoms with Crippen molar-refractivity contribution in [2.75, 3.05) is 5.73 Å². The van der Waals surface area contributed by atoms with Gasteiger partial charge >= 0.3 is 0 Å². The zero-order valence-electron chi connectivity index (χ0n) is 10.3. The molecule has 3 aromatic rings. The van der Waals surface area contributed by atoms with Crippen LogP contribution in [0.5, 0.6) is 0 Å². The van der Waals surface area contributed by atoms with E-state index in [1.165, 1.54) is 0 Å². The highest BCUT2D eigenvalue weighted by molar-refractivity contribution is 5.88. The monoisotopic (exact) mass is 239 g/mol. The first kappa shape index (κ1) is 10.7. The fourth-order valence-electron chi connectivity index (χ4n) is 2.08. The molecule has 2 aromatic heterocycles. The summed E-state index contributed by atoms with van der Waals surface area (Å²) in [5.74, 6) is 1.10. The Morgan fingerprint density at radius 3 is 2.56 bits per heavy atom. The molecule has 0 bridgehead atoms. The lowest BCUT2D eigenvalue weighted by molar-refractivity contribution is 0.783. The summed E-state index contributed by atoms with van der Waals surface area (Å²) < 4.78 is 1.72. The van der Waals surface area contributed by atoms with Crippen molar-refractivity contribution in [1.82, 2.24) is 19.7 Å². The Bertz CT molecular complexity index is 715. The molecule has 0 aliphatic heterocycles. The van der Waals surface area contributed by atoms with Gasteiger partial charge in [-0.3, -0.25) is 4.68 Å². The SMILES string of the molecule is Cc1nn(C)c2c(N)nc(-c3ccccc3)nc12. The Kier molecular flexibility index (Phi) is 2.26. The first-order chi connectivity index (χ1) is 8.66. The van der Waals surface area contributed by atoms with Crippen molar-refractivity contribution in [3.05, 3.63) is 36.0 Å². The van der Waals surface area contributed by atoms with Gasteiger partial charge in [0.2, 0.25) is 0 Å². The molecule has 5 heteroatoms. The van der Waals surface area contributed by atoms with Crippen LogP contribution < -0.4 is 5.73 Å². The number of anilines is 1. The highest BCUT2D eigenvalue weighted by atomic mass is 15.3. The van der Waals surface area contributed by atoms with E-state index in [9.17, 15) is 0 Å². The molecule has 0 spiro atoms. The molecule has 0 amide bonds. The number of benzene rings is 1. The van der Waals surface area contributed by atoms with Crippen LogP contribution in [0.1, 0.15) is 5.69 Å². The lowest BCUT2D eigenvalue weighted by Crippen LogP contribution is -2.00. The summed E-state index contributed by atoms with van der Waals surface area (Å²) in [6, 6.07) is 9.80. The van der Waals surface area contributed by atoms with Crippen molar-refractivity contribution in [1.29, 1.82) is 0 Å². The first-order valence-corrected chi connectivity index (χ1v) is 5.69. The quantitative estimate of drug-likeness (QED) is 0.704. The lowest BCUT2D eigenvalue weighted by Gasteiger charge is -2.03. The number of fused-ring (bicyclic) bond motifs is 1. The minimum absolute atomic E-state index is 0.460. The number of hydrogen-bond donors (Lipinski definition) is 1. The fourth-order valence-corrected chi connectivity index (χ4v) is 2.08. The Morgan fingerprint density at radius 1 is 1.11 bits per heavy atom. The van der Waals surface area contributed by atoms with E-state index in [1.54, 1.807) is 4.68 Å². The molecule has 0 saturated carbocycles. The van der Waals surface area contributed by atoms with E-state index >= 15 is 0 Å². The van der Waals surface area contributed by atoms with Crippen LogP contribution in [0.2, 0.25) is 0 Å². The van der Waals surface area contributed by atoms with E-state index in [-0.39, 0.29) is 0 Å². The van der Waals surface area contributed by atoms with E-state index in [2.05, 4.69) is 15.1 Å². The number of nitrogen functional groups attached to an aromatic ring is 1. The molecule has 1 aromatic carbocycles. The first-order valence-electron chi connectivity index (χ1n) is 5.69. The largest absolute Gasteiger partial charge is 0.382 e. The summed E-state index contributed by atoms with van der Waals surface area (Å²) in [7, 11) is 1.84. The van der Waals surface area contributed by atoms with Gasteiger partial charge in [0.1, 0.15) is 11.0 Å². The standard InChI is InChI=1S/C13H13N5/c1-8-10-11(18(2)17-8)12(14)16-13(15-10)9-6-4-3-5-7-9/h3-7H,1-2H3,(H2,14,15,16). The summed E-state index contributed by atoms with van der Waals surface area (Å²) in [5.41, 5.74) is 9.40. The van der Waals surface area contributed by atoms with Crippen LogP contribution in [-0.4, -0.2) is 19.7 Å². The van der Waals surface area contributed by atoms with E-state index in [0.29, 0.717) is 11.6 Å². The van der Waals surface area contributed by atoms with Gasteiger partial charge in [0.25, 0.3) is 0 Å². The molecule has 18 heavy (non-hydrogen) atoms. The summed E-state index contributed by atoms with van der Waals surface area (Å²) in [6.07, 6.45) is 0. The van der Waals surface area contributed by atoms with E-state index in [0.717, 1.165) is 22.3 Å². The predicted octanol–water partition coefficient (Wildman–Crippen LogP) is 1.92. The zero-order chi connectivity index (χ0) is 12.7. The van der Waals surface area contributed by atoms with Gasteiger partial charge < -0.3 is 5.73 Å². The number of aryl methyl sites for hydroxylation is 2. The van der Waals surface area contributed by atoms with Crippen molar-refractivity contribution in [2.24, 2.45) is 7.05 Å². The third-order valence-corrected chi connectivity index (χ3v) is 2.91. The molecular weight excluding hydrogens is 226 g/mol. The number of hydrogen-bond acceptors (Lipinski definition) is 4. The highest BCUT2D eigenvalue weighted by Crippen LogP contribution is 2.24. The molecule has 0 aliphatic carbocycles. The Labute approximate surface area is 104 Å². The third-order valence-electron chi connectivity index (χ3n) is 2.91. The molecule has 0 aliphatic rings. The minimum atomic E-state index is 0.460. The van der Waals surface area contributed by atoms with Crippen molar-refractivity contribution >= 4 is 16.9 Å². The molecule has 2 heterocycles. The van der Waals surface area contributed by atoms with Crippen LogP contribution in [0.25, 0.3) is 22.4 Å². The van der Waals surface area contributed by atoms with Gasteiger partial charge in [-0.1, -0.05) is 30.3 Å². The third kappa shape index (κ3) is 1.52. The number of aromatic nitrogens is 4. The molecule has 0 radical (unpaired) electrons. The average molecular weight is 239 g/mol. The van der Waals surface area contributed by atoms with Crippen molar-refractivity contribution in [3.63, 3.8) is 0 Å². The average Bonchev–Trinajstić information content (AvgIpc) is 2.66. The van der Waals surface area contributed by atoms with E-state index in [4.69, 9.17) is 5.73 Å². The van der Waals surface area contributed by atoms with Crippen LogP contribution in [-0.2, 0) is 7.05 Å². The normalized spacial score (nSPS) is 11.0. The van der Waals surface area contributed by atoms with Gasteiger partial charge in [-0.15, -0.1) is 0 Å². The fraction of sp³-hybridized carbons (Fsp3) is 0.154. The van der Waals surface area contributed by atoms with Gasteiger partial charge in [0, 0.05) is 12.6 Å². The second kappa shape index (κ2) is 3.80. The van der Waals surface area contributed by atoms with Crippen molar-refractivity contribution < 1.29 is 0 Å². The number of nitrogens with zero attached hydrogens (tertiary/aromatic N) is 4. The zero-order valence-corrected chi connectivity index (χ0v) is 10.3. The molecule has 0 atom stereocenters. The molecule has 90 valence electrons. The predicted molar refractivity (Wildman–Crippen MR) is 70.9 cm³/mol. The molecule has 5 nitrogen and oxygen atoms in total. The maximum absolute atomic E-state index is 6.00. The van der Waals surface area contributed by atoms with Crippen LogP contribution >= 0.6 is 0 Å². The van der Waals surface area contributed by atoms with Gasteiger partial charge in [-0.2, -0.15) is 5.10 Å². The molecule has 3 rings (SSSR count). The maximum atomic E-state index is 6.00. The smallest absolute Gasteiger partial charge is 0.162 e. The van der Waals surface area contributed by atoms with E-state index < -0.39 is 0 Å². The second-order valence-corrected chi connectivity index (χ2v) is 4.20. The molecular formula is C13H13N5. The summed E-state index contributed by atoms with van der Waals surface area (Å²) >= 11 is 0.